The van der Waals surface area contributed by atoms with Gasteiger partial charge in [0.2, 0.25) is 0 Å². The number of H-pyrrole nitrogens is 1. The predicted molar refractivity (Wildman–Crippen MR) is 114 cm³/mol. The van der Waals surface area contributed by atoms with Crippen LogP contribution in [0.3, 0.4) is 0 Å². The van der Waals surface area contributed by atoms with Crippen molar-refractivity contribution in [2.45, 2.75) is 23.5 Å². The van der Waals surface area contributed by atoms with Gasteiger partial charge in [0.25, 0.3) is 0 Å². The Balaban J connectivity index is 1.72. The summed E-state index contributed by atoms with van der Waals surface area (Å²) in [5, 5.41) is 80.1. The number of nitrogens with zero attached hydrogens (tertiary/aromatic N) is 4. The van der Waals surface area contributed by atoms with E-state index in [2.05, 4.69) is 30.2 Å². The van der Waals surface area contributed by atoms with E-state index in [0.29, 0.717) is 0 Å². The Bertz CT molecular complexity index is 1370. The molecule has 0 bridgehead atoms. The molecule has 0 saturated carbocycles. The first-order valence-electron chi connectivity index (χ1n) is 9.87. The molecule has 0 aliphatic carbocycles. The number of anilines is 2. The lowest BCUT2D eigenvalue weighted by Gasteiger charge is -2.57. The SMILES string of the molecule is [B]C1(O)N(c2cc3c(cn2)N=C(c2c(F)cccc2F)Nc2cn[nH]c2-3)C(O)(O)C(O)(O)OC1(O)O. The summed E-state index contributed by atoms with van der Waals surface area (Å²) in [6.07, 6.45) is 2.17. The Kier molecular flexibility index (Phi) is 5.02. The van der Waals surface area contributed by atoms with Crippen LogP contribution in [0.5, 0.6) is 0 Å². The molecular weight excluding hydrogens is 489 g/mol. The highest BCUT2D eigenvalue weighted by atomic mass is 19.1. The molecule has 1 saturated heterocycles. The van der Waals surface area contributed by atoms with Gasteiger partial charge in [-0.1, -0.05) is 6.07 Å². The van der Waals surface area contributed by atoms with Crippen LogP contribution in [0.4, 0.5) is 26.0 Å². The van der Waals surface area contributed by atoms with Gasteiger partial charge in [-0.05, 0) is 18.2 Å². The highest BCUT2D eigenvalue weighted by Gasteiger charge is 2.72. The van der Waals surface area contributed by atoms with Crippen LogP contribution in [0.15, 0.2) is 41.7 Å². The Morgan fingerprint density at radius 3 is 2.31 bits per heavy atom. The van der Waals surface area contributed by atoms with E-state index in [1.807, 2.05) is 0 Å². The lowest BCUT2D eigenvalue weighted by molar-refractivity contribution is -0.575. The third-order valence-corrected chi connectivity index (χ3v) is 5.54. The van der Waals surface area contributed by atoms with Crippen LogP contribution >= 0.6 is 0 Å². The second-order valence-electron chi connectivity index (χ2n) is 7.92. The van der Waals surface area contributed by atoms with Gasteiger partial charge in [-0.25, -0.2) is 18.8 Å². The number of ether oxygens (including phenoxy) is 1. The number of halogens is 2. The fraction of sp³-hybridized carbons (Fsp3) is 0.211. The molecule has 2 aliphatic rings. The number of aliphatic imine (C=N–C) groups is 1. The van der Waals surface area contributed by atoms with E-state index < -0.39 is 46.5 Å². The van der Waals surface area contributed by atoms with Crippen molar-refractivity contribution in [3.63, 3.8) is 0 Å². The second-order valence-corrected chi connectivity index (χ2v) is 7.92. The summed E-state index contributed by atoms with van der Waals surface area (Å²) < 4.78 is 32.9. The molecule has 0 amide bonds. The molecule has 17 heteroatoms. The molecule has 2 radical (unpaired) electrons. The van der Waals surface area contributed by atoms with E-state index in [9.17, 15) is 44.5 Å². The van der Waals surface area contributed by atoms with E-state index in [0.717, 1.165) is 30.5 Å². The van der Waals surface area contributed by atoms with Gasteiger partial charge >= 0.3 is 17.9 Å². The fourth-order valence-electron chi connectivity index (χ4n) is 3.76. The van der Waals surface area contributed by atoms with E-state index in [-0.39, 0.29) is 33.4 Å². The molecule has 3 aromatic rings. The Morgan fingerprint density at radius 1 is 0.972 bits per heavy atom. The number of aromatic amines is 1. The molecule has 14 nitrogen and oxygen atoms in total. The van der Waals surface area contributed by atoms with Gasteiger partial charge in [-0.3, -0.25) is 14.7 Å². The second kappa shape index (κ2) is 7.48. The van der Waals surface area contributed by atoms with Crippen LogP contribution < -0.4 is 10.2 Å². The predicted octanol–water partition coefficient (Wildman–Crippen LogP) is -2.18. The van der Waals surface area contributed by atoms with Gasteiger partial charge in [0.05, 0.1) is 35.0 Å². The van der Waals surface area contributed by atoms with Crippen LogP contribution in [-0.4, -0.2) is 88.1 Å². The molecule has 1 fully saturated rings. The monoisotopic (exact) mass is 504 g/mol. The van der Waals surface area contributed by atoms with Gasteiger partial charge in [0.15, 0.2) is 13.5 Å². The lowest BCUT2D eigenvalue weighted by Crippen LogP contribution is -2.85. The van der Waals surface area contributed by atoms with E-state index in [4.69, 9.17) is 7.85 Å². The molecule has 1 atom stereocenters. The maximum atomic E-state index is 14.5. The number of nitrogens with one attached hydrogen (secondary N) is 2. The first kappa shape index (κ1) is 24.2. The third kappa shape index (κ3) is 3.30. The minimum absolute atomic E-state index is 0.00722. The maximum absolute atomic E-state index is 14.5. The third-order valence-electron chi connectivity index (χ3n) is 5.54. The first-order valence-corrected chi connectivity index (χ1v) is 9.87. The number of pyridine rings is 1. The topological polar surface area (TPSA) is 220 Å². The van der Waals surface area contributed by atoms with Gasteiger partial charge < -0.3 is 41.1 Å². The number of hydrogen-bond acceptors (Lipinski definition) is 13. The Morgan fingerprint density at radius 2 is 1.64 bits per heavy atom. The number of morpholine rings is 1. The van der Waals surface area contributed by atoms with Crippen molar-refractivity contribution in [1.29, 1.82) is 0 Å². The minimum Gasteiger partial charge on any atom is -0.372 e. The van der Waals surface area contributed by atoms with Gasteiger partial charge in [-0.2, -0.15) is 5.10 Å². The normalized spacial score (nSPS) is 23.7. The zero-order chi connectivity index (χ0) is 26.3. The maximum Gasteiger partial charge on any atom is 0.362 e. The molecule has 4 heterocycles. The molecule has 9 N–H and O–H groups in total. The molecule has 36 heavy (non-hydrogen) atoms. The summed E-state index contributed by atoms with van der Waals surface area (Å²) >= 11 is 0. The number of aromatic nitrogens is 3. The van der Waals surface area contributed by atoms with Crippen LogP contribution in [0.1, 0.15) is 5.56 Å². The summed E-state index contributed by atoms with van der Waals surface area (Å²) in [7, 11) is 5.47. The van der Waals surface area contributed by atoms with E-state index >= 15 is 0 Å². The average molecular weight is 504 g/mol. The largest absolute Gasteiger partial charge is 0.372 e. The van der Waals surface area contributed by atoms with Gasteiger partial charge in [0.1, 0.15) is 23.3 Å². The number of rotatable bonds is 2. The highest BCUT2D eigenvalue weighted by molar-refractivity contribution is 6.17. The van der Waals surface area contributed by atoms with Crippen molar-refractivity contribution in [3.05, 3.63) is 53.9 Å². The summed E-state index contributed by atoms with van der Waals surface area (Å²) in [5.41, 5.74) is -3.94. The van der Waals surface area contributed by atoms with Crippen molar-refractivity contribution in [2.75, 3.05) is 10.2 Å². The number of fused-ring (bicyclic) bond motifs is 3. The number of aliphatic hydroxyl groups is 7. The summed E-state index contributed by atoms with van der Waals surface area (Å²) in [4.78, 5) is 7.76. The molecular formula is C19H15BF2N6O8. The van der Waals surface area contributed by atoms with Gasteiger partial charge in [-0.15, -0.1) is 0 Å². The first-order chi connectivity index (χ1) is 16.7. The van der Waals surface area contributed by atoms with Crippen molar-refractivity contribution >= 4 is 30.9 Å². The standard InChI is InChI=1S/C19H15BF2N6O8/c20-16(29)18(32,33)36-19(34,35)17(30,31)28(16)12-4-7-10(5-23-12)25-15(26-11-6-24-27-14(7)11)13-8(21)2-1-3-9(13)22/h1-6,29-35H,(H,24,27)(H,25,26). The van der Waals surface area contributed by atoms with Crippen LogP contribution in [0, 0.1) is 11.6 Å². The van der Waals surface area contributed by atoms with Crippen LogP contribution in [0.25, 0.3) is 11.3 Å². The lowest BCUT2D eigenvalue weighted by atomic mass is 9.83. The Labute approximate surface area is 199 Å². The fourth-order valence-corrected chi connectivity index (χ4v) is 3.76. The molecule has 2 aromatic heterocycles. The number of hydrogen-bond donors (Lipinski definition) is 9. The van der Waals surface area contributed by atoms with Crippen LogP contribution in [-0.2, 0) is 4.74 Å². The van der Waals surface area contributed by atoms with Crippen LogP contribution in [0.2, 0.25) is 0 Å². The van der Waals surface area contributed by atoms with E-state index in [1.54, 1.807) is 0 Å². The molecule has 186 valence electrons. The van der Waals surface area contributed by atoms with Crippen molar-refractivity contribution in [3.8, 4) is 11.3 Å². The van der Waals surface area contributed by atoms with Crippen molar-refractivity contribution < 1.29 is 49.3 Å². The molecule has 2 aliphatic heterocycles. The Hall–Kier alpha value is -3.55. The van der Waals surface area contributed by atoms with E-state index in [1.165, 1.54) is 6.20 Å². The van der Waals surface area contributed by atoms with Crippen molar-refractivity contribution in [2.24, 2.45) is 4.99 Å². The zero-order valence-electron chi connectivity index (χ0n) is 17.6. The smallest absolute Gasteiger partial charge is 0.362 e. The molecule has 1 unspecified atom stereocenters. The number of amidine groups is 1. The quantitative estimate of drug-likeness (QED) is 0.134. The molecule has 0 spiro atoms. The zero-order valence-corrected chi connectivity index (χ0v) is 17.6. The summed E-state index contributed by atoms with van der Waals surface area (Å²) in [6.45, 7) is 0. The van der Waals surface area contributed by atoms with Crippen molar-refractivity contribution in [1.82, 2.24) is 15.2 Å². The molecule has 5 rings (SSSR count). The average Bonchev–Trinajstić information content (AvgIpc) is 3.14. The minimum atomic E-state index is -4.12. The number of benzene rings is 1. The molecule has 1 aromatic carbocycles. The summed E-state index contributed by atoms with van der Waals surface area (Å²) in [6, 6.07) is 4.14. The van der Waals surface area contributed by atoms with Gasteiger partial charge in [0, 0.05) is 5.56 Å². The highest BCUT2D eigenvalue weighted by Crippen LogP contribution is 2.46. The summed E-state index contributed by atoms with van der Waals surface area (Å²) in [5.74, 6) is -15.0.